The first-order chi connectivity index (χ1) is 9.13. The second-order valence-corrected chi connectivity index (χ2v) is 4.91. The molecule has 5 nitrogen and oxygen atoms in total. The van der Waals surface area contributed by atoms with Gasteiger partial charge in [-0.3, -0.25) is 4.98 Å². The second kappa shape index (κ2) is 4.50. The molecule has 1 aliphatic rings. The van der Waals surface area contributed by atoms with Crippen molar-refractivity contribution in [2.45, 2.75) is 26.8 Å². The SMILES string of the molecule is Cc1cc(N2CCc3nccc(N)c3C2)nc(C)n1. The number of pyridine rings is 1. The van der Waals surface area contributed by atoms with Crippen LogP contribution in [0.2, 0.25) is 0 Å². The number of anilines is 2. The minimum Gasteiger partial charge on any atom is -0.398 e. The molecule has 0 atom stereocenters. The van der Waals surface area contributed by atoms with E-state index >= 15 is 0 Å². The highest BCUT2D eigenvalue weighted by Crippen LogP contribution is 2.25. The minimum atomic E-state index is 0.769. The van der Waals surface area contributed by atoms with E-state index in [0.717, 1.165) is 53.8 Å². The zero-order valence-corrected chi connectivity index (χ0v) is 11.2. The molecular formula is C14H17N5. The van der Waals surface area contributed by atoms with Crippen LogP contribution in [0.3, 0.4) is 0 Å². The zero-order chi connectivity index (χ0) is 13.4. The maximum atomic E-state index is 6.04. The lowest BCUT2D eigenvalue weighted by molar-refractivity contribution is 0.700. The maximum absolute atomic E-state index is 6.04. The van der Waals surface area contributed by atoms with Gasteiger partial charge < -0.3 is 10.6 Å². The van der Waals surface area contributed by atoms with Crippen LogP contribution in [0.4, 0.5) is 11.5 Å². The van der Waals surface area contributed by atoms with Gasteiger partial charge in [0.05, 0.1) is 0 Å². The van der Waals surface area contributed by atoms with Crippen molar-refractivity contribution in [2.75, 3.05) is 17.2 Å². The summed E-state index contributed by atoms with van der Waals surface area (Å²) in [5.41, 5.74) is 10.1. The predicted molar refractivity (Wildman–Crippen MR) is 74.9 cm³/mol. The van der Waals surface area contributed by atoms with Crippen molar-refractivity contribution >= 4 is 11.5 Å². The molecule has 0 aliphatic carbocycles. The fourth-order valence-electron chi connectivity index (χ4n) is 2.52. The molecule has 19 heavy (non-hydrogen) atoms. The molecule has 2 N–H and O–H groups in total. The molecule has 98 valence electrons. The van der Waals surface area contributed by atoms with Crippen LogP contribution >= 0.6 is 0 Å². The number of aromatic nitrogens is 3. The maximum Gasteiger partial charge on any atom is 0.132 e. The molecule has 0 aromatic carbocycles. The number of fused-ring (bicyclic) bond motifs is 1. The summed E-state index contributed by atoms with van der Waals surface area (Å²) in [6, 6.07) is 3.88. The standard InChI is InChI=1S/C14H17N5/c1-9-7-14(18-10(2)17-9)19-6-4-13-11(8-19)12(15)3-5-16-13/h3,5,7H,4,6,8H2,1-2H3,(H2,15,16). The van der Waals surface area contributed by atoms with E-state index in [0.29, 0.717) is 0 Å². The lowest BCUT2D eigenvalue weighted by Crippen LogP contribution is -2.32. The molecule has 3 heterocycles. The predicted octanol–water partition coefficient (Wildman–Crippen LogP) is 1.63. The summed E-state index contributed by atoms with van der Waals surface area (Å²) < 4.78 is 0. The minimum absolute atomic E-state index is 0.769. The summed E-state index contributed by atoms with van der Waals surface area (Å²) in [4.78, 5) is 15.5. The van der Waals surface area contributed by atoms with Crippen molar-refractivity contribution in [3.05, 3.63) is 41.1 Å². The first-order valence-corrected chi connectivity index (χ1v) is 6.43. The number of aryl methyl sites for hydroxylation is 2. The van der Waals surface area contributed by atoms with Gasteiger partial charge in [0.25, 0.3) is 0 Å². The van der Waals surface area contributed by atoms with Crippen LogP contribution < -0.4 is 10.6 Å². The molecule has 0 amide bonds. The molecule has 0 bridgehead atoms. The van der Waals surface area contributed by atoms with E-state index in [1.165, 1.54) is 0 Å². The Labute approximate surface area is 112 Å². The number of nitrogens with zero attached hydrogens (tertiary/aromatic N) is 4. The Morgan fingerprint density at radius 1 is 1.26 bits per heavy atom. The third-order valence-corrected chi connectivity index (χ3v) is 3.43. The number of nitrogens with two attached hydrogens (primary N) is 1. The number of hydrogen-bond acceptors (Lipinski definition) is 5. The fourth-order valence-corrected chi connectivity index (χ4v) is 2.52. The van der Waals surface area contributed by atoms with Crippen molar-refractivity contribution < 1.29 is 0 Å². The van der Waals surface area contributed by atoms with Crippen molar-refractivity contribution in [2.24, 2.45) is 0 Å². The van der Waals surface area contributed by atoms with Crippen LogP contribution in [-0.4, -0.2) is 21.5 Å². The van der Waals surface area contributed by atoms with Crippen molar-refractivity contribution in [1.82, 2.24) is 15.0 Å². The van der Waals surface area contributed by atoms with Gasteiger partial charge in [0.1, 0.15) is 11.6 Å². The van der Waals surface area contributed by atoms with E-state index < -0.39 is 0 Å². The van der Waals surface area contributed by atoms with Crippen LogP contribution in [0.1, 0.15) is 22.8 Å². The van der Waals surface area contributed by atoms with Gasteiger partial charge in [0, 0.05) is 54.4 Å². The Bertz CT molecular complexity index is 603. The second-order valence-electron chi connectivity index (χ2n) is 4.91. The molecule has 2 aromatic rings. The number of rotatable bonds is 1. The smallest absolute Gasteiger partial charge is 0.132 e. The van der Waals surface area contributed by atoms with E-state index in [4.69, 9.17) is 5.73 Å². The number of nitrogen functional groups attached to an aromatic ring is 1. The Balaban J connectivity index is 1.95. The Morgan fingerprint density at radius 3 is 2.89 bits per heavy atom. The van der Waals surface area contributed by atoms with Gasteiger partial charge in [0.15, 0.2) is 0 Å². The largest absolute Gasteiger partial charge is 0.398 e. The normalized spacial score (nSPS) is 14.3. The Kier molecular flexibility index (Phi) is 2.81. The van der Waals surface area contributed by atoms with E-state index in [-0.39, 0.29) is 0 Å². The average Bonchev–Trinajstić information content (AvgIpc) is 2.38. The molecule has 0 radical (unpaired) electrons. The highest BCUT2D eigenvalue weighted by atomic mass is 15.2. The van der Waals surface area contributed by atoms with Crippen LogP contribution in [0.25, 0.3) is 0 Å². The lowest BCUT2D eigenvalue weighted by atomic mass is 10.0. The van der Waals surface area contributed by atoms with Gasteiger partial charge in [-0.05, 0) is 19.9 Å². The molecule has 0 fully saturated rings. The first-order valence-electron chi connectivity index (χ1n) is 6.43. The lowest BCUT2D eigenvalue weighted by Gasteiger charge is -2.30. The molecule has 0 unspecified atom stereocenters. The number of hydrogen-bond donors (Lipinski definition) is 1. The van der Waals surface area contributed by atoms with Gasteiger partial charge >= 0.3 is 0 Å². The average molecular weight is 255 g/mol. The van der Waals surface area contributed by atoms with Crippen LogP contribution in [-0.2, 0) is 13.0 Å². The van der Waals surface area contributed by atoms with Crippen molar-refractivity contribution in [1.29, 1.82) is 0 Å². The van der Waals surface area contributed by atoms with Gasteiger partial charge in [-0.15, -0.1) is 0 Å². The molecular weight excluding hydrogens is 238 g/mol. The summed E-state index contributed by atoms with van der Waals surface area (Å²) in [6.45, 7) is 5.60. The van der Waals surface area contributed by atoms with Gasteiger partial charge in [-0.25, -0.2) is 9.97 Å². The topological polar surface area (TPSA) is 67.9 Å². The Morgan fingerprint density at radius 2 is 2.11 bits per heavy atom. The summed E-state index contributed by atoms with van der Waals surface area (Å²) in [5.74, 6) is 1.78. The monoisotopic (exact) mass is 255 g/mol. The van der Waals surface area contributed by atoms with Gasteiger partial charge in [-0.2, -0.15) is 0 Å². The molecule has 2 aromatic heterocycles. The Hall–Kier alpha value is -2.17. The van der Waals surface area contributed by atoms with E-state index in [1.54, 1.807) is 6.20 Å². The molecule has 0 saturated heterocycles. The van der Waals surface area contributed by atoms with Crippen LogP contribution in [0.15, 0.2) is 18.3 Å². The van der Waals surface area contributed by atoms with Crippen LogP contribution in [0.5, 0.6) is 0 Å². The summed E-state index contributed by atoms with van der Waals surface area (Å²) in [5, 5.41) is 0. The molecule has 3 rings (SSSR count). The zero-order valence-electron chi connectivity index (χ0n) is 11.2. The third kappa shape index (κ3) is 2.23. The molecule has 5 heteroatoms. The third-order valence-electron chi connectivity index (χ3n) is 3.43. The fraction of sp³-hybridized carbons (Fsp3) is 0.357. The molecule has 0 saturated carbocycles. The molecule has 0 spiro atoms. The van der Waals surface area contributed by atoms with E-state index in [9.17, 15) is 0 Å². The van der Waals surface area contributed by atoms with Crippen molar-refractivity contribution in [3.63, 3.8) is 0 Å². The summed E-state index contributed by atoms with van der Waals surface area (Å²) in [6.07, 6.45) is 2.69. The first kappa shape index (κ1) is 11.9. The van der Waals surface area contributed by atoms with Gasteiger partial charge in [-0.1, -0.05) is 0 Å². The summed E-state index contributed by atoms with van der Waals surface area (Å²) in [7, 11) is 0. The summed E-state index contributed by atoms with van der Waals surface area (Å²) >= 11 is 0. The molecule has 1 aliphatic heterocycles. The van der Waals surface area contributed by atoms with Crippen LogP contribution in [0, 0.1) is 13.8 Å². The van der Waals surface area contributed by atoms with Crippen molar-refractivity contribution in [3.8, 4) is 0 Å². The van der Waals surface area contributed by atoms with Gasteiger partial charge in [0.2, 0.25) is 0 Å². The quantitative estimate of drug-likeness (QED) is 0.839. The van der Waals surface area contributed by atoms with E-state index in [2.05, 4.69) is 19.9 Å². The highest BCUT2D eigenvalue weighted by Gasteiger charge is 2.20. The van der Waals surface area contributed by atoms with E-state index in [1.807, 2.05) is 26.0 Å². The highest BCUT2D eigenvalue weighted by molar-refractivity contribution is 5.53.